The molecule has 76 valence electrons. The molecule has 1 saturated carbocycles. The quantitative estimate of drug-likeness (QED) is 0.610. The zero-order valence-corrected chi connectivity index (χ0v) is 8.69. The van der Waals surface area contributed by atoms with Crippen molar-refractivity contribution in [2.24, 2.45) is 16.8 Å². The number of aliphatic imine (C=N–C) groups is 1. The largest absolute Gasteiger partial charge is 0.354 e. The molecule has 2 unspecified atom stereocenters. The summed E-state index contributed by atoms with van der Waals surface area (Å²) in [7, 11) is 2.19. The second kappa shape index (κ2) is 3.09. The first-order valence-electron chi connectivity index (χ1n) is 5.52. The van der Waals surface area contributed by atoms with Crippen LogP contribution in [0.5, 0.6) is 0 Å². The molecule has 1 saturated heterocycles. The van der Waals surface area contributed by atoms with Gasteiger partial charge in [0.25, 0.3) is 0 Å². The highest BCUT2D eigenvalue weighted by Gasteiger charge is 2.37. The highest BCUT2D eigenvalue weighted by atomic mass is 15.3. The van der Waals surface area contributed by atoms with Gasteiger partial charge in [0.2, 0.25) is 0 Å². The first-order chi connectivity index (χ1) is 6.83. The Hall–Kier alpha value is -0.830. The van der Waals surface area contributed by atoms with Crippen molar-refractivity contribution < 1.29 is 0 Å². The molecular formula is C11H17N3. The summed E-state index contributed by atoms with van der Waals surface area (Å²) in [6.45, 7) is 4.61. The number of allylic oxidation sites excluding steroid dienone is 1. The molecule has 0 amide bonds. The normalized spacial score (nSPS) is 36.6. The zero-order chi connectivity index (χ0) is 9.54. The van der Waals surface area contributed by atoms with Crippen molar-refractivity contribution >= 4 is 6.21 Å². The molecule has 0 aromatic carbocycles. The molecule has 3 rings (SSSR count). The van der Waals surface area contributed by atoms with Crippen LogP contribution in [0.2, 0.25) is 0 Å². The molecule has 1 aliphatic carbocycles. The maximum atomic E-state index is 4.54. The van der Waals surface area contributed by atoms with Gasteiger partial charge in [-0.3, -0.25) is 0 Å². The first-order valence-corrected chi connectivity index (χ1v) is 5.52. The van der Waals surface area contributed by atoms with Crippen LogP contribution in [0.4, 0.5) is 0 Å². The standard InChI is InChI=1S/C11H17N3/c1-13-2-4-14(5-3-13)11-7-9-6-10(9)8-12-11/h7-10H,2-6H2,1H3. The van der Waals surface area contributed by atoms with Gasteiger partial charge in [0.05, 0.1) is 0 Å². The summed E-state index contributed by atoms with van der Waals surface area (Å²) >= 11 is 0. The number of piperazine rings is 1. The third-order valence-corrected chi connectivity index (χ3v) is 3.48. The third kappa shape index (κ3) is 1.46. The molecule has 0 bridgehead atoms. The van der Waals surface area contributed by atoms with Gasteiger partial charge >= 0.3 is 0 Å². The first kappa shape index (κ1) is 8.48. The molecule has 0 aromatic heterocycles. The number of fused-ring (bicyclic) bond motifs is 1. The minimum Gasteiger partial charge on any atom is -0.354 e. The number of likely N-dealkylation sites (N-methyl/N-ethyl adjacent to an activating group) is 1. The minimum atomic E-state index is 0.784. The van der Waals surface area contributed by atoms with Crippen LogP contribution in [-0.4, -0.2) is 49.2 Å². The Bertz CT molecular complexity index is 287. The summed E-state index contributed by atoms with van der Waals surface area (Å²) in [5.74, 6) is 2.84. The van der Waals surface area contributed by atoms with Crippen molar-refractivity contribution in [2.45, 2.75) is 6.42 Å². The maximum Gasteiger partial charge on any atom is 0.124 e. The molecule has 14 heavy (non-hydrogen) atoms. The van der Waals surface area contributed by atoms with Crippen LogP contribution in [0.25, 0.3) is 0 Å². The van der Waals surface area contributed by atoms with Gasteiger partial charge in [0.1, 0.15) is 5.82 Å². The fourth-order valence-electron chi connectivity index (χ4n) is 2.23. The predicted molar refractivity (Wildman–Crippen MR) is 57.2 cm³/mol. The topological polar surface area (TPSA) is 18.8 Å². The number of nitrogens with zero attached hydrogens (tertiary/aromatic N) is 3. The van der Waals surface area contributed by atoms with E-state index in [1.54, 1.807) is 0 Å². The van der Waals surface area contributed by atoms with E-state index in [1.165, 1.54) is 25.3 Å². The van der Waals surface area contributed by atoms with Crippen molar-refractivity contribution in [1.82, 2.24) is 9.80 Å². The Morgan fingerprint density at radius 1 is 1.21 bits per heavy atom. The fraction of sp³-hybridized carbons (Fsp3) is 0.727. The van der Waals surface area contributed by atoms with Crippen molar-refractivity contribution in [2.75, 3.05) is 33.2 Å². The summed E-state index contributed by atoms with van der Waals surface area (Å²) in [4.78, 5) is 9.34. The molecule has 0 spiro atoms. The number of hydrogen-bond acceptors (Lipinski definition) is 3. The predicted octanol–water partition coefficient (Wildman–Crippen LogP) is 0.796. The van der Waals surface area contributed by atoms with Crippen LogP contribution >= 0.6 is 0 Å². The van der Waals surface area contributed by atoms with Crippen LogP contribution < -0.4 is 0 Å². The lowest BCUT2D eigenvalue weighted by Crippen LogP contribution is -2.43. The van der Waals surface area contributed by atoms with E-state index in [4.69, 9.17) is 0 Å². The van der Waals surface area contributed by atoms with Crippen LogP contribution in [-0.2, 0) is 0 Å². The average Bonchev–Trinajstić information content (AvgIpc) is 2.96. The van der Waals surface area contributed by atoms with Crippen molar-refractivity contribution in [1.29, 1.82) is 0 Å². The van der Waals surface area contributed by atoms with E-state index >= 15 is 0 Å². The Labute approximate surface area is 85.1 Å². The summed E-state index contributed by atoms with van der Waals surface area (Å²) in [6, 6.07) is 0. The highest BCUT2D eigenvalue weighted by molar-refractivity contribution is 5.68. The van der Waals surface area contributed by atoms with Gasteiger partial charge in [-0.1, -0.05) is 0 Å². The van der Waals surface area contributed by atoms with E-state index < -0.39 is 0 Å². The van der Waals surface area contributed by atoms with Gasteiger partial charge < -0.3 is 9.80 Å². The molecule has 3 nitrogen and oxygen atoms in total. The zero-order valence-electron chi connectivity index (χ0n) is 8.69. The number of hydrogen-bond donors (Lipinski definition) is 0. The van der Waals surface area contributed by atoms with Gasteiger partial charge in [0.15, 0.2) is 0 Å². The fourth-order valence-corrected chi connectivity index (χ4v) is 2.23. The average molecular weight is 191 g/mol. The molecule has 2 heterocycles. The lowest BCUT2D eigenvalue weighted by atomic mass is 10.2. The van der Waals surface area contributed by atoms with E-state index in [1.807, 2.05) is 0 Å². The molecule has 2 fully saturated rings. The molecule has 0 aromatic rings. The van der Waals surface area contributed by atoms with E-state index in [0.717, 1.165) is 24.9 Å². The van der Waals surface area contributed by atoms with Crippen LogP contribution in [0.1, 0.15) is 6.42 Å². The van der Waals surface area contributed by atoms with Gasteiger partial charge in [-0.2, -0.15) is 0 Å². The van der Waals surface area contributed by atoms with E-state index in [9.17, 15) is 0 Å². The van der Waals surface area contributed by atoms with Crippen LogP contribution in [0.3, 0.4) is 0 Å². The van der Waals surface area contributed by atoms with Crippen LogP contribution in [0, 0.1) is 11.8 Å². The highest BCUT2D eigenvalue weighted by Crippen LogP contribution is 2.41. The van der Waals surface area contributed by atoms with Crippen molar-refractivity contribution in [3.8, 4) is 0 Å². The molecule has 3 aliphatic rings. The van der Waals surface area contributed by atoms with Crippen molar-refractivity contribution in [3.63, 3.8) is 0 Å². The van der Waals surface area contributed by atoms with Crippen LogP contribution in [0.15, 0.2) is 16.9 Å². The van der Waals surface area contributed by atoms with E-state index in [0.29, 0.717) is 0 Å². The summed E-state index contributed by atoms with van der Waals surface area (Å²) in [5.41, 5.74) is 0. The lowest BCUT2D eigenvalue weighted by molar-refractivity contribution is 0.184. The maximum absolute atomic E-state index is 4.54. The van der Waals surface area contributed by atoms with E-state index in [2.05, 4.69) is 34.1 Å². The summed E-state index contributed by atoms with van der Waals surface area (Å²) < 4.78 is 0. The third-order valence-electron chi connectivity index (χ3n) is 3.48. The van der Waals surface area contributed by atoms with Gasteiger partial charge in [-0.15, -0.1) is 0 Å². The van der Waals surface area contributed by atoms with E-state index in [-0.39, 0.29) is 0 Å². The minimum absolute atomic E-state index is 0.784. The molecule has 0 N–H and O–H groups in total. The SMILES string of the molecule is CN1CCN(C2=CC3CC3C=N2)CC1. The second-order valence-corrected chi connectivity index (χ2v) is 4.66. The number of rotatable bonds is 1. The smallest absolute Gasteiger partial charge is 0.124 e. The second-order valence-electron chi connectivity index (χ2n) is 4.66. The molecule has 3 heteroatoms. The molecular weight excluding hydrogens is 174 g/mol. The summed E-state index contributed by atoms with van der Waals surface area (Å²) in [6.07, 6.45) is 5.86. The Balaban J connectivity index is 1.68. The van der Waals surface area contributed by atoms with Gasteiger partial charge in [-0.05, 0) is 25.5 Å². The van der Waals surface area contributed by atoms with Gasteiger partial charge in [0, 0.05) is 38.3 Å². The van der Waals surface area contributed by atoms with Gasteiger partial charge in [-0.25, -0.2) is 4.99 Å². The molecule has 2 atom stereocenters. The van der Waals surface area contributed by atoms with Crippen molar-refractivity contribution in [3.05, 3.63) is 11.9 Å². The lowest BCUT2D eigenvalue weighted by Gasteiger charge is -2.34. The Morgan fingerprint density at radius 2 is 2.00 bits per heavy atom. The monoisotopic (exact) mass is 191 g/mol. The molecule has 0 radical (unpaired) electrons. The molecule has 2 aliphatic heterocycles. The Kier molecular flexibility index (Phi) is 1.87. The Morgan fingerprint density at radius 3 is 2.71 bits per heavy atom. The summed E-state index contributed by atoms with van der Waals surface area (Å²) in [5, 5.41) is 0.